The van der Waals surface area contributed by atoms with E-state index in [1.807, 2.05) is 39.8 Å². The number of hydrogen-bond acceptors (Lipinski definition) is 3. The van der Waals surface area contributed by atoms with Crippen molar-refractivity contribution in [2.24, 2.45) is 11.5 Å². The highest BCUT2D eigenvalue weighted by atomic mass is 16.2. The first-order chi connectivity index (χ1) is 16.8. The summed E-state index contributed by atoms with van der Waals surface area (Å²) in [5.74, 6) is 11.7. The van der Waals surface area contributed by atoms with Crippen molar-refractivity contribution in [2.45, 2.75) is 34.1 Å². The Morgan fingerprint density at radius 3 is 2.17 bits per heavy atom. The standard InChI is InChI=1S/C26H27N5O2.C2H6/c1-5-8-14-24(31-26(28)33)20(10-6-2)16-18-22-13-9-12-21(29-22)17-15-19(4)23(11-7-3)30-25(27)32;1-2/h6-14H,3-5H2,1-2H3,(H3,27,30,32)(H3,28,31,33);1-2H3/b10-6-,14-8-,23-11+,24-20-;. The van der Waals surface area contributed by atoms with Crippen LogP contribution in [0.4, 0.5) is 9.59 Å². The number of nitrogens with one attached hydrogen (secondary N) is 2. The van der Waals surface area contributed by atoms with Crippen molar-refractivity contribution < 1.29 is 9.59 Å². The number of primary amides is 2. The zero-order chi connectivity index (χ0) is 26.6. The number of hydrogen-bond donors (Lipinski definition) is 4. The predicted octanol–water partition coefficient (Wildman–Crippen LogP) is 4.57. The summed E-state index contributed by atoms with van der Waals surface area (Å²) in [5, 5.41) is 5.03. The Morgan fingerprint density at radius 1 is 1.06 bits per heavy atom. The molecule has 7 nitrogen and oxygen atoms in total. The van der Waals surface area contributed by atoms with Crippen LogP contribution in [0.2, 0.25) is 0 Å². The Balaban J connectivity index is 0.00000562. The molecule has 0 fully saturated rings. The highest BCUT2D eigenvalue weighted by Gasteiger charge is 2.03. The van der Waals surface area contributed by atoms with Crippen LogP contribution in [0.1, 0.15) is 45.5 Å². The van der Waals surface area contributed by atoms with Crippen LogP contribution in [0.3, 0.4) is 0 Å². The van der Waals surface area contributed by atoms with Gasteiger partial charge in [0.25, 0.3) is 0 Å². The minimum absolute atomic E-state index is 0.343. The smallest absolute Gasteiger partial charge is 0.316 e. The Labute approximate surface area is 208 Å². The number of amides is 4. The molecule has 0 atom stereocenters. The van der Waals surface area contributed by atoms with Gasteiger partial charge < -0.3 is 22.1 Å². The van der Waals surface area contributed by atoms with E-state index in [4.69, 9.17) is 11.5 Å². The molecule has 6 N–H and O–H groups in total. The van der Waals surface area contributed by atoms with Crippen molar-refractivity contribution in [3.8, 4) is 23.7 Å². The summed E-state index contributed by atoms with van der Waals surface area (Å²) < 4.78 is 0. The minimum Gasteiger partial charge on any atom is -0.351 e. The quantitative estimate of drug-likeness (QED) is 0.344. The van der Waals surface area contributed by atoms with Gasteiger partial charge in [0.05, 0.1) is 11.4 Å². The zero-order valence-corrected chi connectivity index (χ0v) is 20.7. The van der Waals surface area contributed by atoms with Crippen LogP contribution in [-0.2, 0) is 0 Å². The molecule has 0 bridgehead atoms. The molecule has 0 aliphatic heterocycles. The van der Waals surface area contributed by atoms with E-state index in [1.54, 1.807) is 30.4 Å². The molecule has 0 aromatic carbocycles. The summed E-state index contributed by atoms with van der Waals surface area (Å²) in [7, 11) is 0. The number of carbonyl (C=O) groups excluding carboxylic acids is 2. The number of aromatic nitrogens is 1. The molecule has 182 valence electrons. The van der Waals surface area contributed by atoms with Gasteiger partial charge >= 0.3 is 12.1 Å². The molecule has 0 radical (unpaired) electrons. The van der Waals surface area contributed by atoms with Crippen molar-refractivity contribution >= 4 is 12.1 Å². The largest absolute Gasteiger partial charge is 0.351 e. The number of urea groups is 2. The maximum atomic E-state index is 11.4. The van der Waals surface area contributed by atoms with Crippen molar-refractivity contribution in [3.63, 3.8) is 0 Å². The number of nitrogens with zero attached hydrogens (tertiary/aromatic N) is 1. The van der Waals surface area contributed by atoms with Gasteiger partial charge in [-0.05, 0) is 55.5 Å². The van der Waals surface area contributed by atoms with Gasteiger partial charge in [-0.3, -0.25) is 0 Å². The van der Waals surface area contributed by atoms with Gasteiger partial charge in [0, 0.05) is 11.1 Å². The van der Waals surface area contributed by atoms with Gasteiger partial charge in [0.2, 0.25) is 0 Å². The summed E-state index contributed by atoms with van der Waals surface area (Å²) in [4.78, 5) is 26.9. The molecule has 4 amide bonds. The van der Waals surface area contributed by atoms with Crippen LogP contribution in [0.15, 0.2) is 90.4 Å². The highest BCUT2D eigenvalue weighted by molar-refractivity contribution is 5.76. The third-order valence-corrected chi connectivity index (χ3v) is 3.68. The molecular weight excluding hydrogens is 438 g/mol. The van der Waals surface area contributed by atoms with E-state index < -0.39 is 12.1 Å². The Morgan fingerprint density at radius 2 is 1.66 bits per heavy atom. The molecule has 1 aromatic heterocycles. The lowest BCUT2D eigenvalue weighted by molar-refractivity contribution is 0.250. The average Bonchev–Trinajstić information content (AvgIpc) is 2.83. The Kier molecular flexibility index (Phi) is 15.4. The van der Waals surface area contributed by atoms with Crippen LogP contribution in [0.25, 0.3) is 0 Å². The molecule has 0 saturated heterocycles. The predicted molar refractivity (Wildman–Crippen MR) is 143 cm³/mol. The maximum absolute atomic E-state index is 11.4. The first kappa shape index (κ1) is 30.2. The first-order valence-corrected chi connectivity index (χ1v) is 11.0. The van der Waals surface area contributed by atoms with E-state index in [0.717, 1.165) is 6.42 Å². The number of nitrogens with two attached hydrogens (primary N) is 2. The van der Waals surface area contributed by atoms with Crippen molar-refractivity contribution in [1.29, 1.82) is 0 Å². The van der Waals surface area contributed by atoms with Gasteiger partial charge in [-0.1, -0.05) is 70.1 Å². The van der Waals surface area contributed by atoms with Crippen LogP contribution >= 0.6 is 0 Å². The lowest BCUT2D eigenvalue weighted by Gasteiger charge is -2.05. The second kappa shape index (κ2) is 17.8. The summed E-state index contributed by atoms with van der Waals surface area (Å²) in [6, 6.07) is 3.81. The Hall–Kier alpha value is -4.75. The zero-order valence-electron chi connectivity index (χ0n) is 20.7. The van der Waals surface area contributed by atoms with Crippen LogP contribution in [-0.4, -0.2) is 17.0 Å². The van der Waals surface area contributed by atoms with Crippen molar-refractivity contribution in [3.05, 3.63) is 102 Å². The van der Waals surface area contributed by atoms with Crippen molar-refractivity contribution in [1.82, 2.24) is 15.6 Å². The molecule has 0 aliphatic rings. The van der Waals surface area contributed by atoms with Gasteiger partial charge in [0.15, 0.2) is 0 Å². The third kappa shape index (κ3) is 12.8. The van der Waals surface area contributed by atoms with Gasteiger partial charge in [0.1, 0.15) is 11.4 Å². The topological polar surface area (TPSA) is 123 Å². The summed E-state index contributed by atoms with van der Waals surface area (Å²) in [6.45, 7) is 15.2. The van der Waals surface area contributed by atoms with E-state index in [9.17, 15) is 9.59 Å². The maximum Gasteiger partial charge on any atom is 0.316 e. The van der Waals surface area contributed by atoms with E-state index in [-0.39, 0.29) is 0 Å². The van der Waals surface area contributed by atoms with E-state index in [2.05, 4.69) is 52.5 Å². The first-order valence-electron chi connectivity index (χ1n) is 11.0. The normalized spacial score (nSPS) is 11.0. The van der Waals surface area contributed by atoms with Gasteiger partial charge in [-0.25, -0.2) is 14.6 Å². The average molecular weight is 472 g/mol. The minimum atomic E-state index is -0.731. The summed E-state index contributed by atoms with van der Waals surface area (Å²) in [5.41, 5.74) is 13.1. The van der Waals surface area contributed by atoms with Crippen LogP contribution in [0.5, 0.6) is 0 Å². The fourth-order valence-corrected chi connectivity index (χ4v) is 2.31. The lowest BCUT2D eigenvalue weighted by Crippen LogP contribution is -2.29. The molecule has 35 heavy (non-hydrogen) atoms. The number of carbonyl (C=O) groups is 2. The monoisotopic (exact) mass is 471 g/mol. The molecule has 1 rings (SSSR count). The number of rotatable bonds is 7. The van der Waals surface area contributed by atoms with E-state index >= 15 is 0 Å². The molecular formula is C28H33N5O2. The fraction of sp³-hybridized carbons (Fsp3) is 0.179. The molecule has 0 spiro atoms. The molecule has 0 unspecified atom stereocenters. The second-order valence-electron chi connectivity index (χ2n) is 6.32. The lowest BCUT2D eigenvalue weighted by atomic mass is 10.1. The number of allylic oxidation sites excluding steroid dienone is 8. The Bertz CT molecular complexity index is 1160. The second-order valence-corrected chi connectivity index (χ2v) is 6.32. The molecule has 7 heteroatoms. The summed E-state index contributed by atoms with van der Waals surface area (Å²) in [6.07, 6.45) is 11.0. The molecule has 1 aromatic rings. The van der Waals surface area contributed by atoms with Gasteiger partial charge in [-0.15, -0.1) is 0 Å². The van der Waals surface area contributed by atoms with Crippen LogP contribution < -0.4 is 22.1 Å². The SMILES string of the molecule is C=C/C=C(/NC(N)=O)C(=C)C#Cc1cccc(C#CC(/C=C\C)=C(/C=C\CC)NC(N)=O)n1.CC. The van der Waals surface area contributed by atoms with Crippen molar-refractivity contribution in [2.75, 3.05) is 0 Å². The third-order valence-electron chi connectivity index (χ3n) is 3.68. The fourth-order valence-electron chi connectivity index (χ4n) is 2.31. The number of pyridine rings is 1. The van der Waals surface area contributed by atoms with E-state index in [1.165, 1.54) is 12.2 Å². The van der Waals surface area contributed by atoms with Crippen LogP contribution in [0, 0.1) is 23.7 Å². The van der Waals surface area contributed by atoms with E-state index in [0.29, 0.717) is 33.9 Å². The molecule has 1 heterocycles. The molecule has 0 aliphatic carbocycles. The highest BCUT2D eigenvalue weighted by Crippen LogP contribution is 2.07. The molecule has 0 saturated carbocycles. The summed E-state index contributed by atoms with van der Waals surface area (Å²) >= 11 is 0. The van der Waals surface area contributed by atoms with Gasteiger partial charge in [-0.2, -0.15) is 0 Å².